The third-order valence-corrected chi connectivity index (χ3v) is 3.02. The number of para-hydroxylation sites is 1. The number of hydrogen-bond acceptors (Lipinski definition) is 2. The number of rotatable bonds is 1. The molecule has 0 aliphatic carbocycles. The Bertz CT molecular complexity index is 301. The molecular weight excluding hydrogens is 184 g/mol. The van der Waals surface area contributed by atoms with Gasteiger partial charge in [0.2, 0.25) is 0 Å². The Labute approximate surface area is 92.3 Å². The van der Waals surface area contributed by atoms with Crippen LogP contribution in [0.3, 0.4) is 0 Å². The van der Waals surface area contributed by atoms with Crippen molar-refractivity contribution in [2.45, 2.75) is 19.8 Å². The molecule has 1 N–H and O–H groups in total. The summed E-state index contributed by atoms with van der Waals surface area (Å²) >= 11 is 0. The van der Waals surface area contributed by atoms with Gasteiger partial charge in [-0.25, -0.2) is 0 Å². The SMILES string of the molecule is Cc1ccccc1N1CCCNCCC1. The van der Waals surface area contributed by atoms with Gasteiger partial charge in [0, 0.05) is 18.8 Å². The molecule has 1 saturated heterocycles. The second-order valence-corrected chi connectivity index (χ2v) is 4.23. The predicted octanol–water partition coefficient (Wildman–Crippen LogP) is 2.18. The van der Waals surface area contributed by atoms with Crippen molar-refractivity contribution in [3.63, 3.8) is 0 Å². The van der Waals surface area contributed by atoms with Gasteiger partial charge in [-0.05, 0) is 44.5 Å². The zero-order valence-electron chi connectivity index (χ0n) is 9.50. The highest BCUT2D eigenvalue weighted by atomic mass is 15.1. The summed E-state index contributed by atoms with van der Waals surface area (Å²) in [5.41, 5.74) is 2.81. The van der Waals surface area contributed by atoms with Crippen molar-refractivity contribution < 1.29 is 0 Å². The summed E-state index contributed by atoms with van der Waals surface area (Å²) in [4.78, 5) is 2.52. The van der Waals surface area contributed by atoms with E-state index in [0.29, 0.717) is 0 Å². The minimum Gasteiger partial charge on any atom is -0.371 e. The molecule has 0 spiro atoms. The molecule has 1 aliphatic heterocycles. The van der Waals surface area contributed by atoms with Crippen LogP contribution in [0.2, 0.25) is 0 Å². The van der Waals surface area contributed by atoms with Gasteiger partial charge in [0.15, 0.2) is 0 Å². The van der Waals surface area contributed by atoms with Crippen molar-refractivity contribution in [1.29, 1.82) is 0 Å². The first-order valence-electron chi connectivity index (χ1n) is 5.89. The summed E-state index contributed by atoms with van der Waals surface area (Å²) in [5, 5.41) is 3.45. The molecule has 1 fully saturated rings. The molecule has 0 bridgehead atoms. The van der Waals surface area contributed by atoms with Gasteiger partial charge in [-0.3, -0.25) is 0 Å². The number of hydrogen-bond donors (Lipinski definition) is 1. The Morgan fingerprint density at radius 1 is 1.07 bits per heavy atom. The summed E-state index contributed by atoms with van der Waals surface area (Å²) in [7, 11) is 0. The maximum Gasteiger partial charge on any atom is 0.0395 e. The highest BCUT2D eigenvalue weighted by Gasteiger charge is 2.09. The quantitative estimate of drug-likeness (QED) is 0.754. The van der Waals surface area contributed by atoms with Crippen molar-refractivity contribution in [3.05, 3.63) is 29.8 Å². The third-order valence-electron chi connectivity index (χ3n) is 3.02. The van der Waals surface area contributed by atoms with E-state index in [0.717, 1.165) is 13.1 Å². The number of nitrogens with one attached hydrogen (secondary N) is 1. The van der Waals surface area contributed by atoms with Crippen LogP contribution in [-0.2, 0) is 0 Å². The number of nitrogens with zero attached hydrogens (tertiary/aromatic N) is 1. The van der Waals surface area contributed by atoms with Crippen LogP contribution in [0, 0.1) is 6.92 Å². The normalized spacial score (nSPS) is 18.3. The number of aryl methyl sites for hydroxylation is 1. The smallest absolute Gasteiger partial charge is 0.0395 e. The van der Waals surface area contributed by atoms with E-state index in [-0.39, 0.29) is 0 Å². The minimum absolute atomic E-state index is 1.16. The monoisotopic (exact) mass is 204 g/mol. The number of anilines is 1. The first kappa shape index (κ1) is 10.5. The molecule has 1 heterocycles. The maximum atomic E-state index is 3.45. The van der Waals surface area contributed by atoms with Gasteiger partial charge in [0.05, 0.1) is 0 Å². The average molecular weight is 204 g/mol. The van der Waals surface area contributed by atoms with Crippen LogP contribution >= 0.6 is 0 Å². The van der Waals surface area contributed by atoms with Gasteiger partial charge in [-0.15, -0.1) is 0 Å². The molecule has 2 rings (SSSR count). The van der Waals surface area contributed by atoms with Crippen molar-refractivity contribution in [1.82, 2.24) is 5.32 Å². The van der Waals surface area contributed by atoms with Crippen LogP contribution in [0.1, 0.15) is 18.4 Å². The van der Waals surface area contributed by atoms with Crippen molar-refractivity contribution in [2.75, 3.05) is 31.1 Å². The lowest BCUT2D eigenvalue weighted by Crippen LogP contribution is -2.34. The third kappa shape index (κ3) is 2.72. The van der Waals surface area contributed by atoms with Gasteiger partial charge >= 0.3 is 0 Å². The first-order chi connectivity index (χ1) is 7.38. The van der Waals surface area contributed by atoms with Crippen molar-refractivity contribution in [3.8, 4) is 0 Å². The predicted molar refractivity (Wildman–Crippen MR) is 65.5 cm³/mol. The van der Waals surface area contributed by atoms with Crippen LogP contribution in [-0.4, -0.2) is 26.2 Å². The Morgan fingerprint density at radius 3 is 2.40 bits per heavy atom. The fourth-order valence-electron chi connectivity index (χ4n) is 2.19. The highest BCUT2D eigenvalue weighted by molar-refractivity contribution is 5.52. The summed E-state index contributed by atoms with van der Waals surface area (Å²) in [6, 6.07) is 8.69. The summed E-state index contributed by atoms with van der Waals surface area (Å²) in [6.45, 7) is 6.87. The van der Waals surface area contributed by atoms with Crippen molar-refractivity contribution in [2.24, 2.45) is 0 Å². The Morgan fingerprint density at radius 2 is 1.73 bits per heavy atom. The molecule has 0 amide bonds. The fraction of sp³-hybridized carbons (Fsp3) is 0.538. The van der Waals surface area contributed by atoms with E-state index >= 15 is 0 Å². The average Bonchev–Trinajstić information content (AvgIpc) is 2.19. The molecule has 0 unspecified atom stereocenters. The standard InChI is InChI=1S/C13H20N2/c1-12-6-2-3-7-13(12)15-10-4-8-14-9-5-11-15/h2-3,6-7,14H,4-5,8-11H2,1H3. The van der Waals surface area contributed by atoms with E-state index in [2.05, 4.69) is 41.4 Å². The topological polar surface area (TPSA) is 15.3 Å². The van der Waals surface area contributed by atoms with Crippen molar-refractivity contribution >= 4 is 5.69 Å². The van der Waals surface area contributed by atoms with E-state index in [1.807, 2.05) is 0 Å². The van der Waals surface area contributed by atoms with E-state index in [1.165, 1.54) is 37.2 Å². The van der Waals surface area contributed by atoms with Crippen LogP contribution in [0.25, 0.3) is 0 Å². The molecule has 82 valence electrons. The van der Waals surface area contributed by atoms with Gasteiger partial charge in [0.25, 0.3) is 0 Å². The zero-order chi connectivity index (χ0) is 10.5. The molecule has 1 aromatic rings. The van der Waals surface area contributed by atoms with Crippen LogP contribution in [0.5, 0.6) is 0 Å². The van der Waals surface area contributed by atoms with Gasteiger partial charge in [-0.1, -0.05) is 18.2 Å². The molecule has 2 nitrogen and oxygen atoms in total. The lowest BCUT2D eigenvalue weighted by Gasteiger charge is -2.28. The lowest BCUT2D eigenvalue weighted by molar-refractivity contribution is 0.567. The van der Waals surface area contributed by atoms with E-state index in [4.69, 9.17) is 0 Å². The van der Waals surface area contributed by atoms with Gasteiger partial charge in [0.1, 0.15) is 0 Å². The van der Waals surface area contributed by atoms with Gasteiger partial charge < -0.3 is 10.2 Å². The molecular formula is C13H20N2. The molecule has 2 heteroatoms. The molecule has 0 radical (unpaired) electrons. The zero-order valence-corrected chi connectivity index (χ0v) is 9.50. The summed E-state index contributed by atoms with van der Waals surface area (Å²) in [5.74, 6) is 0. The lowest BCUT2D eigenvalue weighted by atomic mass is 10.1. The Kier molecular flexibility index (Phi) is 3.62. The van der Waals surface area contributed by atoms with Gasteiger partial charge in [-0.2, -0.15) is 0 Å². The van der Waals surface area contributed by atoms with E-state index in [9.17, 15) is 0 Å². The second-order valence-electron chi connectivity index (χ2n) is 4.23. The Hall–Kier alpha value is -1.02. The Balaban J connectivity index is 2.10. The van der Waals surface area contributed by atoms with E-state index < -0.39 is 0 Å². The fourth-order valence-corrected chi connectivity index (χ4v) is 2.19. The molecule has 0 atom stereocenters. The molecule has 0 aromatic heterocycles. The molecule has 1 aromatic carbocycles. The second kappa shape index (κ2) is 5.17. The largest absolute Gasteiger partial charge is 0.371 e. The molecule has 1 aliphatic rings. The first-order valence-corrected chi connectivity index (χ1v) is 5.89. The van der Waals surface area contributed by atoms with Crippen LogP contribution in [0.15, 0.2) is 24.3 Å². The van der Waals surface area contributed by atoms with Crippen LogP contribution in [0.4, 0.5) is 5.69 Å². The number of benzene rings is 1. The minimum atomic E-state index is 1.16. The highest BCUT2D eigenvalue weighted by Crippen LogP contribution is 2.20. The van der Waals surface area contributed by atoms with Crippen LogP contribution < -0.4 is 10.2 Å². The summed E-state index contributed by atoms with van der Waals surface area (Å²) < 4.78 is 0. The molecule has 0 saturated carbocycles. The molecule has 15 heavy (non-hydrogen) atoms. The van der Waals surface area contributed by atoms with E-state index in [1.54, 1.807) is 0 Å². The summed E-state index contributed by atoms with van der Waals surface area (Å²) in [6.07, 6.45) is 2.49. The maximum absolute atomic E-state index is 3.45.